The van der Waals surface area contributed by atoms with Crippen molar-refractivity contribution in [3.8, 4) is 0 Å². The van der Waals surface area contributed by atoms with Crippen LogP contribution in [-0.4, -0.2) is 11.5 Å². The zero-order chi connectivity index (χ0) is 13.0. The van der Waals surface area contributed by atoms with Crippen molar-refractivity contribution in [2.24, 2.45) is 0 Å². The van der Waals surface area contributed by atoms with Gasteiger partial charge in [0.1, 0.15) is 5.82 Å². The minimum Gasteiger partial charge on any atom is -0.310 e. The van der Waals surface area contributed by atoms with E-state index in [1.54, 1.807) is 18.3 Å². The van der Waals surface area contributed by atoms with Crippen LogP contribution in [0.1, 0.15) is 29.1 Å². The van der Waals surface area contributed by atoms with Crippen LogP contribution in [0.15, 0.2) is 29.8 Å². The Morgan fingerprint density at radius 3 is 2.89 bits per heavy atom. The molecule has 0 spiro atoms. The third kappa shape index (κ3) is 3.15. The maximum atomic E-state index is 13.3. The van der Waals surface area contributed by atoms with E-state index in [4.69, 9.17) is 0 Å². The molecule has 1 unspecified atom stereocenters. The molecule has 0 saturated carbocycles. The molecule has 1 aromatic heterocycles. The Morgan fingerprint density at radius 2 is 2.28 bits per heavy atom. The molecule has 1 heterocycles. The Kier molecular flexibility index (Phi) is 4.44. The van der Waals surface area contributed by atoms with E-state index < -0.39 is 0 Å². The summed E-state index contributed by atoms with van der Waals surface area (Å²) >= 11 is 1.65. The van der Waals surface area contributed by atoms with Crippen LogP contribution in [0.5, 0.6) is 0 Å². The summed E-state index contributed by atoms with van der Waals surface area (Å²) in [4.78, 5) is 4.31. The highest BCUT2D eigenvalue weighted by Gasteiger charge is 2.13. The molecule has 2 aromatic rings. The highest BCUT2D eigenvalue weighted by atomic mass is 32.1. The number of halogens is 1. The molecule has 0 aliphatic rings. The fourth-order valence-electron chi connectivity index (χ4n) is 1.97. The molecule has 0 bridgehead atoms. The third-order valence-corrected chi connectivity index (χ3v) is 3.70. The van der Waals surface area contributed by atoms with Crippen molar-refractivity contribution in [3.63, 3.8) is 0 Å². The monoisotopic (exact) mass is 264 g/mol. The fourth-order valence-corrected chi connectivity index (χ4v) is 2.63. The Morgan fingerprint density at radius 1 is 1.44 bits per heavy atom. The van der Waals surface area contributed by atoms with Gasteiger partial charge in [0.25, 0.3) is 0 Å². The lowest BCUT2D eigenvalue weighted by Crippen LogP contribution is -2.23. The van der Waals surface area contributed by atoms with E-state index in [-0.39, 0.29) is 11.9 Å². The molecule has 18 heavy (non-hydrogen) atoms. The normalized spacial score (nSPS) is 12.6. The van der Waals surface area contributed by atoms with Crippen molar-refractivity contribution in [1.29, 1.82) is 0 Å². The molecule has 1 atom stereocenters. The number of nitrogens with zero attached hydrogens (tertiary/aromatic N) is 1. The van der Waals surface area contributed by atoms with Crippen LogP contribution in [-0.2, 0) is 6.42 Å². The van der Waals surface area contributed by atoms with E-state index in [9.17, 15) is 4.39 Å². The number of thiazole rings is 1. The molecular weight excluding hydrogens is 247 g/mol. The predicted molar refractivity (Wildman–Crippen MR) is 73.4 cm³/mol. The van der Waals surface area contributed by atoms with Crippen LogP contribution in [0.3, 0.4) is 0 Å². The molecule has 0 amide bonds. The van der Waals surface area contributed by atoms with Gasteiger partial charge in [-0.2, -0.15) is 0 Å². The summed E-state index contributed by atoms with van der Waals surface area (Å²) < 4.78 is 13.3. The molecule has 1 aromatic carbocycles. The van der Waals surface area contributed by atoms with Gasteiger partial charge in [-0.15, -0.1) is 11.3 Å². The van der Waals surface area contributed by atoms with Crippen molar-refractivity contribution < 1.29 is 4.39 Å². The smallest absolute Gasteiger partial charge is 0.126 e. The lowest BCUT2D eigenvalue weighted by atomic mass is 10.0. The van der Waals surface area contributed by atoms with Crippen molar-refractivity contribution in [1.82, 2.24) is 10.3 Å². The first kappa shape index (κ1) is 13.2. The first-order chi connectivity index (χ1) is 8.70. The van der Waals surface area contributed by atoms with E-state index in [1.807, 2.05) is 23.7 Å². The molecule has 0 aliphatic carbocycles. The standard InChI is InChI=1S/C14H17FN2S/c1-3-16-13(9-14-17-6-7-18-14)11-4-5-12(15)10(2)8-11/h4-8,13,16H,3,9H2,1-2H3. The van der Waals surface area contributed by atoms with Gasteiger partial charge in [-0.25, -0.2) is 9.37 Å². The molecule has 2 nitrogen and oxygen atoms in total. The van der Waals surface area contributed by atoms with E-state index in [1.165, 1.54) is 6.07 Å². The summed E-state index contributed by atoms with van der Waals surface area (Å²) in [5.41, 5.74) is 1.81. The fraction of sp³-hybridized carbons (Fsp3) is 0.357. The van der Waals surface area contributed by atoms with Gasteiger partial charge in [0.05, 0.1) is 5.01 Å². The minimum absolute atomic E-state index is 0.150. The molecular formula is C14H17FN2S. The van der Waals surface area contributed by atoms with Crippen molar-refractivity contribution >= 4 is 11.3 Å². The lowest BCUT2D eigenvalue weighted by molar-refractivity contribution is 0.545. The second-order valence-corrected chi connectivity index (χ2v) is 5.23. The van der Waals surface area contributed by atoms with E-state index >= 15 is 0 Å². The van der Waals surface area contributed by atoms with Crippen molar-refractivity contribution in [2.45, 2.75) is 26.3 Å². The first-order valence-electron chi connectivity index (χ1n) is 6.08. The van der Waals surface area contributed by atoms with Crippen molar-refractivity contribution in [3.05, 3.63) is 51.7 Å². The summed E-state index contributed by atoms with van der Waals surface area (Å²) in [6, 6.07) is 5.50. The Hall–Kier alpha value is -1.26. The maximum absolute atomic E-state index is 13.3. The van der Waals surface area contributed by atoms with Crippen LogP contribution in [0.4, 0.5) is 4.39 Å². The summed E-state index contributed by atoms with van der Waals surface area (Å²) in [6.45, 7) is 4.75. The number of aromatic nitrogens is 1. The molecule has 1 N–H and O–H groups in total. The van der Waals surface area contributed by atoms with E-state index in [2.05, 4.69) is 17.2 Å². The van der Waals surface area contributed by atoms with Gasteiger partial charge >= 0.3 is 0 Å². The summed E-state index contributed by atoms with van der Waals surface area (Å²) in [5, 5.41) is 6.51. The topological polar surface area (TPSA) is 24.9 Å². The number of rotatable bonds is 5. The van der Waals surface area contributed by atoms with Gasteiger partial charge in [0.15, 0.2) is 0 Å². The molecule has 4 heteroatoms. The van der Waals surface area contributed by atoms with Gasteiger partial charge in [0.2, 0.25) is 0 Å². The summed E-state index contributed by atoms with van der Waals surface area (Å²) in [6.07, 6.45) is 2.66. The maximum Gasteiger partial charge on any atom is 0.126 e. The van der Waals surface area contributed by atoms with Gasteiger partial charge in [0, 0.05) is 24.0 Å². The zero-order valence-corrected chi connectivity index (χ0v) is 11.4. The average Bonchev–Trinajstić information content (AvgIpc) is 2.85. The first-order valence-corrected chi connectivity index (χ1v) is 6.96. The number of hydrogen-bond acceptors (Lipinski definition) is 3. The zero-order valence-electron chi connectivity index (χ0n) is 10.6. The summed E-state index contributed by atoms with van der Waals surface area (Å²) in [5.74, 6) is -0.150. The van der Waals surface area contributed by atoms with Gasteiger partial charge in [-0.05, 0) is 30.7 Å². The van der Waals surface area contributed by atoms with Crippen LogP contribution < -0.4 is 5.32 Å². The minimum atomic E-state index is -0.150. The number of aryl methyl sites for hydroxylation is 1. The molecule has 96 valence electrons. The molecule has 0 radical (unpaired) electrons. The van der Waals surface area contributed by atoms with Gasteiger partial charge in [-0.3, -0.25) is 0 Å². The van der Waals surface area contributed by atoms with Crippen LogP contribution in [0, 0.1) is 12.7 Å². The van der Waals surface area contributed by atoms with E-state index in [0.717, 1.165) is 23.5 Å². The number of benzene rings is 1. The SMILES string of the molecule is CCNC(Cc1nccs1)c1ccc(F)c(C)c1. The molecule has 0 saturated heterocycles. The number of nitrogens with one attached hydrogen (secondary N) is 1. The second-order valence-electron chi connectivity index (χ2n) is 4.25. The van der Waals surface area contributed by atoms with Crippen LogP contribution in [0.25, 0.3) is 0 Å². The van der Waals surface area contributed by atoms with Crippen LogP contribution >= 0.6 is 11.3 Å². The van der Waals surface area contributed by atoms with Gasteiger partial charge < -0.3 is 5.32 Å². The van der Waals surface area contributed by atoms with Gasteiger partial charge in [-0.1, -0.05) is 19.1 Å². The Bertz CT molecular complexity index is 497. The van der Waals surface area contributed by atoms with Crippen LogP contribution in [0.2, 0.25) is 0 Å². The molecule has 2 rings (SSSR count). The molecule has 0 aliphatic heterocycles. The van der Waals surface area contributed by atoms with E-state index in [0.29, 0.717) is 5.56 Å². The lowest BCUT2D eigenvalue weighted by Gasteiger charge is -2.17. The largest absolute Gasteiger partial charge is 0.310 e. The Labute approximate surface area is 111 Å². The predicted octanol–water partition coefficient (Wildman–Crippen LogP) is 3.48. The Balaban J connectivity index is 2.20. The van der Waals surface area contributed by atoms with Crippen molar-refractivity contribution in [2.75, 3.05) is 6.54 Å². The quantitative estimate of drug-likeness (QED) is 0.894. The number of hydrogen-bond donors (Lipinski definition) is 1. The molecule has 0 fully saturated rings. The highest BCUT2D eigenvalue weighted by Crippen LogP contribution is 2.21. The third-order valence-electron chi connectivity index (χ3n) is 2.90. The second kappa shape index (κ2) is 6.07. The average molecular weight is 264 g/mol. The number of likely N-dealkylation sites (N-methyl/N-ethyl adjacent to an activating group) is 1. The summed E-state index contributed by atoms with van der Waals surface area (Å²) in [7, 11) is 0. The highest BCUT2D eigenvalue weighted by molar-refractivity contribution is 7.09.